The van der Waals surface area contributed by atoms with E-state index in [1.54, 1.807) is 4.31 Å². The summed E-state index contributed by atoms with van der Waals surface area (Å²) in [4.78, 5) is 6.99. The van der Waals surface area contributed by atoms with Crippen LogP contribution in [0.3, 0.4) is 0 Å². The molecule has 108 valence electrons. The Labute approximate surface area is 114 Å². The monoisotopic (exact) mass is 286 g/mol. The molecular weight excluding hydrogens is 264 g/mol. The SMILES string of the molecule is CCc1ncc(S(=O)(=O)N(CC)C2CCNCC2)[nH]1. The fourth-order valence-electron chi connectivity index (χ4n) is 2.50. The molecule has 0 aromatic carbocycles. The maximum atomic E-state index is 12.6. The van der Waals surface area contributed by atoms with E-state index >= 15 is 0 Å². The summed E-state index contributed by atoms with van der Waals surface area (Å²) in [6, 6.07) is 0.0876. The number of aromatic amines is 1. The molecule has 1 fully saturated rings. The van der Waals surface area contributed by atoms with Gasteiger partial charge in [0.2, 0.25) is 0 Å². The van der Waals surface area contributed by atoms with Crippen LogP contribution in [0.15, 0.2) is 11.2 Å². The summed E-state index contributed by atoms with van der Waals surface area (Å²) in [5.74, 6) is 0.708. The lowest BCUT2D eigenvalue weighted by atomic mass is 10.1. The van der Waals surface area contributed by atoms with Gasteiger partial charge in [0, 0.05) is 19.0 Å². The maximum Gasteiger partial charge on any atom is 0.260 e. The van der Waals surface area contributed by atoms with Crippen molar-refractivity contribution in [1.82, 2.24) is 19.6 Å². The number of aryl methyl sites for hydroxylation is 1. The molecular formula is C12H22N4O2S. The second-order valence-corrected chi connectivity index (χ2v) is 6.60. The van der Waals surface area contributed by atoms with Crippen molar-refractivity contribution in [3.8, 4) is 0 Å². The molecule has 0 saturated carbocycles. The van der Waals surface area contributed by atoms with Gasteiger partial charge in [0.25, 0.3) is 10.0 Å². The smallest absolute Gasteiger partial charge is 0.260 e. The largest absolute Gasteiger partial charge is 0.332 e. The molecule has 6 nitrogen and oxygen atoms in total. The van der Waals surface area contributed by atoms with Crippen molar-refractivity contribution >= 4 is 10.0 Å². The maximum absolute atomic E-state index is 12.6. The Hall–Kier alpha value is -0.920. The first-order chi connectivity index (χ1) is 9.09. The van der Waals surface area contributed by atoms with Gasteiger partial charge in [-0.05, 0) is 25.9 Å². The zero-order valence-corrected chi connectivity index (χ0v) is 12.3. The number of aromatic nitrogens is 2. The molecule has 0 amide bonds. The van der Waals surface area contributed by atoms with Crippen molar-refractivity contribution in [2.75, 3.05) is 19.6 Å². The van der Waals surface area contributed by atoms with Crippen molar-refractivity contribution in [2.24, 2.45) is 0 Å². The third kappa shape index (κ3) is 2.98. The van der Waals surface area contributed by atoms with Crippen molar-refractivity contribution < 1.29 is 8.42 Å². The Kier molecular flexibility index (Phi) is 4.59. The molecule has 1 aliphatic heterocycles. The van der Waals surface area contributed by atoms with Crippen molar-refractivity contribution in [2.45, 2.75) is 44.2 Å². The Morgan fingerprint density at radius 1 is 1.37 bits per heavy atom. The zero-order chi connectivity index (χ0) is 13.9. The molecule has 1 saturated heterocycles. The van der Waals surface area contributed by atoms with Gasteiger partial charge >= 0.3 is 0 Å². The van der Waals surface area contributed by atoms with Crippen LogP contribution in [-0.4, -0.2) is 48.4 Å². The number of rotatable bonds is 5. The van der Waals surface area contributed by atoms with Gasteiger partial charge in [-0.1, -0.05) is 13.8 Å². The molecule has 1 aromatic rings. The van der Waals surface area contributed by atoms with Crippen molar-refractivity contribution in [3.05, 3.63) is 12.0 Å². The molecule has 19 heavy (non-hydrogen) atoms. The van der Waals surface area contributed by atoms with Crippen LogP contribution in [-0.2, 0) is 16.4 Å². The second-order valence-electron chi connectivity index (χ2n) is 4.74. The van der Waals surface area contributed by atoms with Crippen LogP contribution in [0.5, 0.6) is 0 Å². The van der Waals surface area contributed by atoms with E-state index in [1.807, 2.05) is 13.8 Å². The first-order valence-corrected chi connectivity index (χ1v) is 8.30. The summed E-state index contributed by atoms with van der Waals surface area (Å²) in [5.41, 5.74) is 0. The van der Waals surface area contributed by atoms with Crippen LogP contribution in [0.2, 0.25) is 0 Å². The fraction of sp³-hybridized carbons (Fsp3) is 0.750. The summed E-state index contributed by atoms with van der Waals surface area (Å²) < 4.78 is 26.9. The van der Waals surface area contributed by atoms with E-state index in [4.69, 9.17) is 0 Å². The zero-order valence-electron chi connectivity index (χ0n) is 11.5. The van der Waals surface area contributed by atoms with E-state index < -0.39 is 10.0 Å². The Bertz CT molecular complexity index is 506. The van der Waals surface area contributed by atoms with Gasteiger partial charge in [-0.15, -0.1) is 0 Å². The molecule has 2 rings (SSSR count). The highest BCUT2D eigenvalue weighted by Crippen LogP contribution is 2.21. The van der Waals surface area contributed by atoms with Crippen molar-refractivity contribution in [3.63, 3.8) is 0 Å². The van der Waals surface area contributed by atoms with Crippen LogP contribution in [0.1, 0.15) is 32.5 Å². The molecule has 7 heteroatoms. The lowest BCUT2D eigenvalue weighted by Crippen LogP contribution is -2.46. The van der Waals surface area contributed by atoms with E-state index in [0.29, 0.717) is 18.8 Å². The van der Waals surface area contributed by atoms with E-state index in [-0.39, 0.29) is 11.1 Å². The molecule has 0 spiro atoms. The molecule has 0 bridgehead atoms. The fourth-order valence-corrected chi connectivity index (χ4v) is 4.13. The van der Waals surface area contributed by atoms with Gasteiger partial charge in [0.05, 0.1) is 6.20 Å². The minimum Gasteiger partial charge on any atom is -0.332 e. The topological polar surface area (TPSA) is 78.1 Å². The normalized spacial score (nSPS) is 18.1. The van der Waals surface area contributed by atoms with E-state index in [1.165, 1.54) is 6.20 Å². The summed E-state index contributed by atoms with van der Waals surface area (Å²) >= 11 is 0. The van der Waals surface area contributed by atoms with Gasteiger partial charge < -0.3 is 10.3 Å². The van der Waals surface area contributed by atoms with Crippen LogP contribution in [0.25, 0.3) is 0 Å². The van der Waals surface area contributed by atoms with Crippen LogP contribution in [0, 0.1) is 0 Å². The average molecular weight is 286 g/mol. The van der Waals surface area contributed by atoms with E-state index in [0.717, 1.165) is 25.9 Å². The van der Waals surface area contributed by atoms with Crippen LogP contribution >= 0.6 is 0 Å². The summed E-state index contributed by atoms with van der Waals surface area (Å²) in [5, 5.41) is 3.47. The second kappa shape index (κ2) is 6.02. The lowest BCUT2D eigenvalue weighted by Gasteiger charge is -2.32. The molecule has 2 heterocycles. The number of sulfonamides is 1. The molecule has 1 aliphatic rings. The highest BCUT2D eigenvalue weighted by Gasteiger charge is 2.32. The standard InChI is InChI=1S/C12H22N4O2S/c1-3-11-14-9-12(15-11)19(17,18)16(4-2)10-5-7-13-8-6-10/h9-10,13H,3-8H2,1-2H3,(H,14,15). The first kappa shape index (κ1) is 14.5. The summed E-state index contributed by atoms with van der Waals surface area (Å²) in [6.45, 7) is 6.07. The van der Waals surface area contributed by atoms with Gasteiger partial charge in [-0.2, -0.15) is 4.31 Å². The predicted octanol–water partition coefficient (Wildman–Crippen LogP) is 0.735. The van der Waals surface area contributed by atoms with Gasteiger partial charge in [-0.3, -0.25) is 0 Å². The third-order valence-corrected chi connectivity index (χ3v) is 5.49. The highest BCUT2D eigenvalue weighted by atomic mass is 32.2. The number of piperidine rings is 1. The number of imidazole rings is 1. The Balaban J connectivity index is 2.24. The summed E-state index contributed by atoms with van der Waals surface area (Å²) in [6.07, 6.45) is 3.86. The quantitative estimate of drug-likeness (QED) is 0.836. The number of hydrogen-bond acceptors (Lipinski definition) is 4. The van der Waals surface area contributed by atoms with Crippen molar-refractivity contribution in [1.29, 1.82) is 0 Å². The molecule has 0 unspecified atom stereocenters. The molecule has 0 radical (unpaired) electrons. The highest BCUT2D eigenvalue weighted by molar-refractivity contribution is 7.89. The first-order valence-electron chi connectivity index (χ1n) is 6.86. The number of nitrogens with zero attached hydrogens (tertiary/aromatic N) is 2. The lowest BCUT2D eigenvalue weighted by molar-refractivity contribution is 0.270. The minimum atomic E-state index is -3.45. The average Bonchev–Trinajstić information content (AvgIpc) is 2.90. The van der Waals surface area contributed by atoms with Gasteiger partial charge in [0.1, 0.15) is 5.82 Å². The molecule has 1 aromatic heterocycles. The van der Waals surface area contributed by atoms with E-state index in [9.17, 15) is 8.42 Å². The third-order valence-electron chi connectivity index (χ3n) is 3.55. The number of nitrogens with one attached hydrogen (secondary N) is 2. The molecule has 0 atom stereocenters. The number of H-pyrrole nitrogens is 1. The predicted molar refractivity (Wildman–Crippen MR) is 73.4 cm³/mol. The number of hydrogen-bond donors (Lipinski definition) is 2. The Morgan fingerprint density at radius 3 is 2.58 bits per heavy atom. The van der Waals surface area contributed by atoms with Gasteiger partial charge in [0.15, 0.2) is 5.03 Å². The minimum absolute atomic E-state index is 0.0876. The van der Waals surface area contributed by atoms with Gasteiger partial charge in [-0.25, -0.2) is 13.4 Å². The van der Waals surface area contributed by atoms with Crippen LogP contribution in [0.4, 0.5) is 0 Å². The molecule has 2 N–H and O–H groups in total. The molecule has 0 aliphatic carbocycles. The summed E-state index contributed by atoms with van der Waals surface area (Å²) in [7, 11) is -3.45. The van der Waals surface area contributed by atoms with Crippen LogP contribution < -0.4 is 5.32 Å². The Morgan fingerprint density at radius 2 is 2.05 bits per heavy atom. The van der Waals surface area contributed by atoms with E-state index in [2.05, 4.69) is 15.3 Å².